The van der Waals surface area contributed by atoms with Crippen molar-refractivity contribution >= 4 is 21.8 Å². The second kappa shape index (κ2) is 7.63. The predicted octanol–water partition coefficient (Wildman–Crippen LogP) is 5.62. The van der Waals surface area contributed by atoms with Crippen LogP contribution < -0.4 is 5.56 Å². The SMILES string of the molecule is CC(C1CCC(c2ccnc3ccc(F)cc23)CC1)n1cnc2ccccc2c1=O. The van der Waals surface area contributed by atoms with Crippen LogP contribution in [-0.2, 0) is 0 Å². The molecule has 5 rings (SSSR count). The zero-order valence-electron chi connectivity index (χ0n) is 17.0. The maximum Gasteiger partial charge on any atom is 0.261 e. The normalized spacial score (nSPS) is 20.5. The number of nitrogens with zero attached hydrogens (tertiary/aromatic N) is 3. The van der Waals surface area contributed by atoms with E-state index in [4.69, 9.17) is 0 Å². The van der Waals surface area contributed by atoms with Crippen LogP contribution in [0.25, 0.3) is 21.8 Å². The minimum atomic E-state index is -0.220. The number of rotatable bonds is 3. The van der Waals surface area contributed by atoms with Crippen LogP contribution in [-0.4, -0.2) is 14.5 Å². The van der Waals surface area contributed by atoms with Gasteiger partial charge in [0.1, 0.15) is 5.82 Å². The van der Waals surface area contributed by atoms with E-state index in [1.807, 2.05) is 36.5 Å². The maximum absolute atomic E-state index is 13.8. The Kier molecular flexibility index (Phi) is 4.81. The Morgan fingerprint density at radius 2 is 1.73 bits per heavy atom. The van der Waals surface area contributed by atoms with Crippen molar-refractivity contribution in [2.75, 3.05) is 0 Å². The molecule has 2 aromatic carbocycles. The van der Waals surface area contributed by atoms with E-state index in [9.17, 15) is 9.18 Å². The molecular formula is C25H24FN3O. The van der Waals surface area contributed by atoms with E-state index in [-0.39, 0.29) is 17.4 Å². The zero-order valence-corrected chi connectivity index (χ0v) is 17.0. The molecule has 152 valence electrons. The van der Waals surface area contributed by atoms with Crippen LogP contribution in [0.3, 0.4) is 0 Å². The van der Waals surface area contributed by atoms with Gasteiger partial charge in [0.2, 0.25) is 0 Å². The van der Waals surface area contributed by atoms with Crippen molar-refractivity contribution in [3.63, 3.8) is 0 Å². The lowest BCUT2D eigenvalue weighted by atomic mass is 9.75. The van der Waals surface area contributed by atoms with Crippen LogP contribution in [0, 0.1) is 11.7 Å². The van der Waals surface area contributed by atoms with Gasteiger partial charge in [0.15, 0.2) is 0 Å². The molecule has 0 radical (unpaired) electrons. The van der Waals surface area contributed by atoms with Crippen LogP contribution in [0.4, 0.5) is 4.39 Å². The molecule has 1 atom stereocenters. The fraction of sp³-hybridized carbons (Fsp3) is 0.320. The Hall–Kier alpha value is -3.08. The summed E-state index contributed by atoms with van der Waals surface area (Å²) in [6.45, 7) is 2.13. The van der Waals surface area contributed by atoms with Gasteiger partial charge in [-0.2, -0.15) is 0 Å². The van der Waals surface area contributed by atoms with Gasteiger partial charge in [0.25, 0.3) is 5.56 Å². The highest BCUT2D eigenvalue weighted by Gasteiger charge is 2.28. The second-order valence-corrected chi connectivity index (χ2v) is 8.39. The summed E-state index contributed by atoms with van der Waals surface area (Å²) in [4.78, 5) is 21.8. The van der Waals surface area contributed by atoms with Gasteiger partial charge in [-0.15, -0.1) is 0 Å². The fourth-order valence-electron chi connectivity index (χ4n) is 5.01. The van der Waals surface area contributed by atoms with Crippen molar-refractivity contribution in [3.05, 3.63) is 82.8 Å². The molecule has 4 aromatic rings. The van der Waals surface area contributed by atoms with Crippen molar-refractivity contribution < 1.29 is 4.39 Å². The van der Waals surface area contributed by atoms with Crippen molar-refractivity contribution in [3.8, 4) is 0 Å². The fourth-order valence-corrected chi connectivity index (χ4v) is 5.01. The highest BCUT2D eigenvalue weighted by molar-refractivity contribution is 5.82. The third kappa shape index (κ3) is 3.28. The molecule has 0 saturated heterocycles. The Morgan fingerprint density at radius 3 is 2.57 bits per heavy atom. The molecule has 1 aliphatic rings. The minimum absolute atomic E-state index is 0.0332. The van der Waals surface area contributed by atoms with Crippen molar-refractivity contribution in [2.45, 2.75) is 44.6 Å². The largest absolute Gasteiger partial charge is 0.296 e. The molecule has 2 aromatic heterocycles. The smallest absolute Gasteiger partial charge is 0.261 e. The molecule has 2 heterocycles. The molecule has 4 nitrogen and oxygen atoms in total. The highest BCUT2D eigenvalue weighted by Crippen LogP contribution is 2.41. The molecule has 1 fully saturated rings. The van der Waals surface area contributed by atoms with Crippen molar-refractivity contribution in [1.82, 2.24) is 14.5 Å². The summed E-state index contributed by atoms with van der Waals surface area (Å²) in [6.07, 6.45) is 7.64. The number of benzene rings is 2. The summed E-state index contributed by atoms with van der Waals surface area (Å²) in [5.74, 6) is 0.598. The summed E-state index contributed by atoms with van der Waals surface area (Å²) >= 11 is 0. The molecule has 1 saturated carbocycles. The van der Waals surface area contributed by atoms with Crippen molar-refractivity contribution in [1.29, 1.82) is 0 Å². The van der Waals surface area contributed by atoms with Crippen LogP contribution in [0.1, 0.15) is 50.1 Å². The van der Waals surface area contributed by atoms with E-state index in [1.165, 1.54) is 11.6 Å². The monoisotopic (exact) mass is 401 g/mol. The van der Waals surface area contributed by atoms with Gasteiger partial charge in [-0.05, 0) is 86.4 Å². The standard InChI is InChI=1S/C25H24FN3O/c1-16(29-15-28-23-5-3-2-4-21(23)25(29)30)17-6-8-18(9-7-17)20-12-13-27-24-11-10-19(26)14-22(20)24/h2-5,10-18H,6-9H2,1H3. The van der Waals surface area contributed by atoms with E-state index in [0.717, 1.165) is 42.1 Å². The summed E-state index contributed by atoms with van der Waals surface area (Å²) < 4.78 is 15.6. The zero-order chi connectivity index (χ0) is 20.7. The Morgan fingerprint density at radius 1 is 0.967 bits per heavy atom. The van der Waals surface area contributed by atoms with Crippen LogP contribution in [0.5, 0.6) is 0 Å². The maximum atomic E-state index is 13.8. The molecule has 0 aliphatic heterocycles. The van der Waals surface area contributed by atoms with Crippen LogP contribution in [0.2, 0.25) is 0 Å². The number of hydrogen-bond donors (Lipinski definition) is 0. The van der Waals surface area contributed by atoms with E-state index in [0.29, 0.717) is 17.2 Å². The molecule has 1 aliphatic carbocycles. The number of aromatic nitrogens is 3. The topological polar surface area (TPSA) is 47.8 Å². The first-order valence-electron chi connectivity index (χ1n) is 10.6. The van der Waals surface area contributed by atoms with Gasteiger partial charge in [0, 0.05) is 17.6 Å². The summed E-state index contributed by atoms with van der Waals surface area (Å²) in [5, 5.41) is 1.59. The van der Waals surface area contributed by atoms with Gasteiger partial charge in [-0.3, -0.25) is 14.3 Å². The second-order valence-electron chi connectivity index (χ2n) is 8.39. The number of pyridine rings is 1. The summed E-state index contributed by atoms with van der Waals surface area (Å²) in [7, 11) is 0. The number of hydrogen-bond acceptors (Lipinski definition) is 3. The molecular weight excluding hydrogens is 377 g/mol. The molecule has 1 unspecified atom stereocenters. The number of para-hydroxylation sites is 1. The summed E-state index contributed by atoms with van der Waals surface area (Å²) in [5.41, 5.74) is 2.81. The number of halogens is 1. The van der Waals surface area contributed by atoms with Crippen LogP contribution in [0.15, 0.2) is 65.8 Å². The molecule has 0 bridgehead atoms. The summed E-state index contributed by atoms with van der Waals surface area (Å²) in [6, 6.07) is 14.5. The van der Waals surface area contributed by atoms with E-state index in [2.05, 4.69) is 16.9 Å². The molecule has 0 N–H and O–H groups in total. The molecule has 5 heteroatoms. The highest BCUT2D eigenvalue weighted by atomic mass is 19.1. The average molecular weight is 401 g/mol. The average Bonchev–Trinajstić information content (AvgIpc) is 2.79. The minimum Gasteiger partial charge on any atom is -0.296 e. The molecule has 0 amide bonds. The van der Waals surface area contributed by atoms with E-state index < -0.39 is 0 Å². The third-order valence-corrected chi connectivity index (χ3v) is 6.76. The predicted molar refractivity (Wildman–Crippen MR) is 117 cm³/mol. The van der Waals surface area contributed by atoms with Crippen LogP contribution >= 0.6 is 0 Å². The van der Waals surface area contributed by atoms with E-state index in [1.54, 1.807) is 23.0 Å². The number of fused-ring (bicyclic) bond motifs is 2. The Labute approximate surface area is 174 Å². The van der Waals surface area contributed by atoms with Gasteiger partial charge in [-0.25, -0.2) is 9.37 Å². The van der Waals surface area contributed by atoms with Gasteiger partial charge >= 0.3 is 0 Å². The first-order valence-corrected chi connectivity index (χ1v) is 10.6. The van der Waals surface area contributed by atoms with E-state index >= 15 is 0 Å². The Balaban J connectivity index is 1.37. The lowest BCUT2D eigenvalue weighted by Crippen LogP contribution is -2.30. The van der Waals surface area contributed by atoms with Gasteiger partial charge in [0.05, 0.1) is 22.7 Å². The quantitative estimate of drug-likeness (QED) is 0.448. The lowest BCUT2D eigenvalue weighted by Gasteiger charge is -2.33. The van der Waals surface area contributed by atoms with Crippen molar-refractivity contribution in [2.24, 2.45) is 5.92 Å². The Bertz CT molecular complexity index is 1270. The lowest BCUT2D eigenvalue weighted by molar-refractivity contribution is 0.243. The van der Waals surface area contributed by atoms with Gasteiger partial charge < -0.3 is 0 Å². The first-order chi connectivity index (χ1) is 14.6. The van der Waals surface area contributed by atoms with Gasteiger partial charge in [-0.1, -0.05) is 12.1 Å². The third-order valence-electron chi connectivity index (χ3n) is 6.76. The molecule has 30 heavy (non-hydrogen) atoms. The first kappa shape index (κ1) is 18.9. The molecule has 0 spiro atoms.